The van der Waals surface area contributed by atoms with Crippen LogP contribution in [-0.4, -0.2) is 16.0 Å². The van der Waals surface area contributed by atoms with Crippen LogP contribution in [-0.2, 0) is 4.79 Å². The molecule has 0 aliphatic rings. The minimum absolute atomic E-state index is 0.0275. The fraction of sp³-hybridized carbons (Fsp3) is 0.176. The predicted molar refractivity (Wildman–Crippen MR) is 94.5 cm³/mol. The average Bonchev–Trinajstić information content (AvgIpc) is 2.55. The molecule has 0 bridgehead atoms. The van der Waals surface area contributed by atoms with Crippen molar-refractivity contribution in [2.24, 2.45) is 0 Å². The number of aromatic nitrogens is 1. The van der Waals surface area contributed by atoms with Gasteiger partial charge in [-0.1, -0.05) is 35.5 Å². The highest BCUT2D eigenvalue weighted by molar-refractivity contribution is 8.00. The first-order valence-corrected chi connectivity index (χ1v) is 8.21. The van der Waals surface area contributed by atoms with E-state index < -0.39 is 0 Å². The molecule has 0 spiro atoms. The molecule has 0 saturated carbocycles. The third kappa shape index (κ3) is 3.51. The van der Waals surface area contributed by atoms with Crippen LogP contribution in [0, 0.1) is 22.7 Å². The van der Waals surface area contributed by atoms with Crippen LogP contribution in [0.4, 0.5) is 5.82 Å². The summed E-state index contributed by atoms with van der Waals surface area (Å²) in [5.74, 6) is -0.0126. The largest absolute Gasteiger partial charge is 0.383 e. The number of carbonyl (C=O) groups is 1. The van der Waals surface area contributed by atoms with E-state index in [1.165, 1.54) is 6.92 Å². The number of carbonyl (C=O) groups excluding carboxylic acids is 1. The van der Waals surface area contributed by atoms with Crippen LogP contribution < -0.4 is 5.73 Å². The number of nitrogen functional groups attached to an aromatic ring is 1. The highest BCUT2D eigenvalue weighted by Gasteiger charge is 2.22. The summed E-state index contributed by atoms with van der Waals surface area (Å²) in [6, 6.07) is 10.9. The Kier molecular flexibility index (Phi) is 5.46. The molecule has 1 unspecified atom stereocenters. The van der Waals surface area contributed by atoms with Crippen molar-refractivity contribution in [3.8, 4) is 23.3 Å². The van der Waals surface area contributed by atoms with Gasteiger partial charge in [-0.3, -0.25) is 4.79 Å². The van der Waals surface area contributed by atoms with Crippen molar-refractivity contribution in [3.05, 3.63) is 40.4 Å². The van der Waals surface area contributed by atoms with Gasteiger partial charge in [0.1, 0.15) is 34.3 Å². The number of rotatable bonds is 4. The van der Waals surface area contributed by atoms with Crippen molar-refractivity contribution in [1.29, 1.82) is 10.5 Å². The number of anilines is 1. The van der Waals surface area contributed by atoms with Gasteiger partial charge in [0.2, 0.25) is 0 Å². The summed E-state index contributed by atoms with van der Waals surface area (Å²) >= 11 is 7.05. The molecule has 2 N–H and O–H groups in total. The Hall–Kier alpha value is -2.54. The van der Waals surface area contributed by atoms with E-state index in [-0.39, 0.29) is 28.0 Å². The number of Topliss-reactive ketones (excluding diaryl/α,β-unsaturated/α-hetero) is 1. The minimum Gasteiger partial charge on any atom is -0.383 e. The Morgan fingerprint density at radius 1 is 1.25 bits per heavy atom. The molecule has 2 rings (SSSR count). The van der Waals surface area contributed by atoms with Gasteiger partial charge >= 0.3 is 0 Å². The minimum atomic E-state index is -0.380. The Morgan fingerprint density at radius 3 is 2.33 bits per heavy atom. The number of nitrogens with two attached hydrogens (primary N) is 1. The van der Waals surface area contributed by atoms with Gasteiger partial charge in [-0.25, -0.2) is 4.98 Å². The number of ketones is 1. The number of benzene rings is 1. The second-order valence-electron chi connectivity index (χ2n) is 5.03. The average molecular weight is 357 g/mol. The smallest absolute Gasteiger partial charge is 0.143 e. The molecule has 2 aromatic rings. The van der Waals surface area contributed by atoms with Crippen molar-refractivity contribution < 1.29 is 4.79 Å². The first-order chi connectivity index (χ1) is 11.4. The number of halogens is 1. The van der Waals surface area contributed by atoms with Gasteiger partial charge in [0.05, 0.1) is 10.8 Å². The fourth-order valence-corrected chi connectivity index (χ4v) is 3.08. The lowest BCUT2D eigenvalue weighted by molar-refractivity contribution is -0.116. The number of nitriles is 2. The van der Waals surface area contributed by atoms with E-state index in [1.807, 2.05) is 6.07 Å². The van der Waals surface area contributed by atoms with Crippen LogP contribution in [0.5, 0.6) is 0 Å². The van der Waals surface area contributed by atoms with Gasteiger partial charge in [-0.2, -0.15) is 10.5 Å². The molecule has 5 nitrogen and oxygen atoms in total. The Bertz CT molecular complexity index is 881. The van der Waals surface area contributed by atoms with Crippen LogP contribution in [0.3, 0.4) is 0 Å². The molecule has 1 aromatic carbocycles. The molecule has 7 heteroatoms. The quantitative estimate of drug-likeness (QED) is 0.835. The van der Waals surface area contributed by atoms with Crippen molar-refractivity contribution in [3.63, 3.8) is 0 Å². The first-order valence-electron chi connectivity index (χ1n) is 6.95. The summed E-state index contributed by atoms with van der Waals surface area (Å²) in [5, 5.41) is 19.5. The zero-order valence-corrected chi connectivity index (χ0v) is 14.6. The number of thioether (sulfide) groups is 1. The maximum atomic E-state index is 11.5. The zero-order valence-electron chi connectivity index (χ0n) is 13.0. The summed E-state index contributed by atoms with van der Waals surface area (Å²) < 4.78 is 0. The van der Waals surface area contributed by atoms with E-state index in [2.05, 4.69) is 11.1 Å². The molecule has 0 aliphatic carbocycles. The highest BCUT2D eigenvalue weighted by atomic mass is 35.5. The molecular weight excluding hydrogens is 344 g/mol. The second kappa shape index (κ2) is 7.35. The second-order valence-corrected chi connectivity index (χ2v) is 6.79. The van der Waals surface area contributed by atoms with Gasteiger partial charge in [0, 0.05) is 10.6 Å². The zero-order chi connectivity index (χ0) is 17.9. The molecule has 0 amide bonds. The van der Waals surface area contributed by atoms with Gasteiger partial charge in [0.25, 0.3) is 0 Å². The molecule has 0 fully saturated rings. The van der Waals surface area contributed by atoms with Crippen LogP contribution in [0.15, 0.2) is 29.3 Å². The van der Waals surface area contributed by atoms with Crippen molar-refractivity contribution in [2.45, 2.75) is 24.1 Å². The molecular formula is C17H13ClN4OS. The van der Waals surface area contributed by atoms with E-state index in [4.69, 9.17) is 17.3 Å². The SMILES string of the molecule is CC(=O)C(C)Sc1nc(N)c(C#N)c(-c2ccc(Cl)cc2)c1C#N. The highest BCUT2D eigenvalue weighted by Crippen LogP contribution is 2.37. The summed E-state index contributed by atoms with van der Waals surface area (Å²) in [7, 11) is 0. The van der Waals surface area contributed by atoms with E-state index in [1.54, 1.807) is 31.2 Å². The lowest BCUT2D eigenvalue weighted by Gasteiger charge is -2.14. The van der Waals surface area contributed by atoms with E-state index in [0.717, 1.165) is 11.8 Å². The van der Waals surface area contributed by atoms with Gasteiger partial charge in [-0.05, 0) is 31.5 Å². The Balaban J connectivity index is 2.74. The first kappa shape index (κ1) is 17.8. The third-order valence-electron chi connectivity index (χ3n) is 3.41. The third-order valence-corrected chi connectivity index (χ3v) is 4.87. The molecule has 0 aliphatic heterocycles. The number of nitrogens with zero attached hydrogens (tertiary/aromatic N) is 3. The van der Waals surface area contributed by atoms with Gasteiger partial charge in [-0.15, -0.1) is 0 Å². The van der Waals surface area contributed by atoms with Crippen LogP contribution in [0.2, 0.25) is 5.02 Å². The molecule has 0 radical (unpaired) electrons. The lowest BCUT2D eigenvalue weighted by Crippen LogP contribution is -2.10. The summed E-state index contributed by atoms with van der Waals surface area (Å²) in [6.45, 7) is 3.20. The molecule has 120 valence electrons. The van der Waals surface area contributed by atoms with E-state index in [9.17, 15) is 15.3 Å². The molecule has 0 saturated heterocycles. The van der Waals surface area contributed by atoms with Crippen molar-refractivity contribution >= 4 is 35.0 Å². The molecule has 24 heavy (non-hydrogen) atoms. The van der Waals surface area contributed by atoms with Gasteiger partial charge in [0.15, 0.2) is 0 Å². The maximum Gasteiger partial charge on any atom is 0.143 e. The number of hydrogen-bond donors (Lipinski definition) is 1. The van der Waals surface area contributed by atoms with E-state index >= 15 is 0 Å². The summed E-state index contributed by atoms with van der Waals surface area (Å²) in [4.78, 5) is 15.7. The van der Waals surface area contributed by atoms with Crippen LogP contribution in [0.25, 0.3) is 11.1 Å². The van der Waals surface area contributed by atoms with Crippen LogP contribution in [0.1, 0.15) is 25.0 Å². The maximum absolute atomic E-state index is 11.5. The topological polar surface area (TPSA) is 104 Å². The lowest BCUT2D eigenvalue weighted by atomic mass is 9.97. The molecule has 1 atom stereocenters. The predicted octanol–water partition coefficient (Wildman–Crippen LogP) is 3.80. The monoisotopic (exact) mass is 356 g/mol. The fourth-order valence-electron chi connectivity index (χ4n) is 2.04. The normalized spacial score (nSPS) is 11.4. The summed E-state index contributed by atoms with van der Waals surface area (Å²) in [5.41, 5.74) is 7.31. The van der Waals surface area contributed by atoms with Crippen LogP contribution >= 0.6 is 23.4 Å². The molecule has 1 heterocycles. The molecule has 1 aromatic heterocycles. The number of hydrogen-bond acceptors (Lipinski definition) is 6. The summed E-state index contributed by atoms with van der Waals surface area (Å²) in [6.07, 6.45) is 0. The standard InChI is InChI=1S/C17H13ClN4OS/c1-9(23)10(2)24-17-14(8-20)15(13(7-19)16(21)22-17)11-3-5-12(18)6-4-11/h3-6,10H,1-2H3,(H2,21,22). The van der Waals surface area contributed by atoms with Gasteiger partial charge < -0.3 is 5.73 Å². The van der Waals surface area contributed by atoms with Crippen molar-refractivity contribution in [2.75, 3.05) is 5.73 Å². The number of pyridine rings is 1. The van der Waals surface area contributed by atoms with E-state index in [0.29, 0.717) is 21.2 Å². The van der Waals surface area contributed by atoms with Crippen molar-refractivity contribution in [1.82, 2.24) is 4.98 Å². The Labute approximate surface area is 149 Å². The Morgan fingerprint density at radius 2 is 1.83 bits per heavy atom.